The van der Waals surface area contributed by atoms with E-state index in [9.17, 15) is 8.42 Å². The Morgan fingerprint density at radius 3 is 2.83 bits per heavy atom. The molecular weight excluding hydrogens is 216 g/mol. The number of thioether (sulfide) groups is 1. The van der Waals surface area contributed by atoms with Crippen LogP contribution in [0.4, 0.5) is 0 Å². The van der Waals surface area contributed by atoms with Gasteiger partial charge in [-0.15, -0.1) is 0 Å². The predicted octanol–water partition coefficient (Wildman–Crippen LogP) is 2.35. The fourth-order valence-corrected chi connectivity index (χ4v) is 2.96. The summed E-state index contributed by atoms with van der Waals surface area (Å²) in [6.07, 6.45) is 4.90. The maximum absolute atomic E-state index is 10.5. The highest BCUT2D eigenvalue weighted by atomic mass is 35.7. The molecule has 1 unspecified atom stereocenters. The van der Waals surface area contributed by atoms with Crippen molar-refractivity contribution in [3.05, 3.63) is 11.5 Å². The molecule has 0 aromatic carbocycles. The first kappa shape index (κ1) is 10.4. The summed E-state index contributed by atoms with van der Waals surface area (Å²) in [7, 11) is 1.56. The van der Waals surface area contributed by atoms with Crippen molar-refractivity contribution in [3.63, 3.8) is 0 Å². The van der Waals surface area contributed by atoms with Crippen LogP contribution < -0.4 is 0 Å². The lowest BCUT2D eigenvalue weighted by Gasteiger charge is -2.01. The Balaban J connectivity index is 2.29. The molecule has 1 saturated heterocycles. The number of hydrogen-bond acceptors (Lipinski definition) is 3. The second kappa shape index (κ2) is 4.53. The van der Waals surface area contributed by atoms with Crippen molar-refractivity contribution in [1.82, 2.24) is 0 Å². The van der Waals surface area contributed by atoms with Gasteiger partial charge < -0.3 is 0 Å². The number of allylic oxidation sites excluding steroid dienone is 1. The van der Waals surface area contributed by atoms with Crippen LogP contribution in [0, 0.1) is 0 Å². The van der Waals surface area contributed by atoms with Crippen molar-refractivity contribution in [2.45, 2.75) is 24.5 Å². The molecule has 1 fully saturated rings. The van der Waals surface area contributed by atoms with Gasteiger partial charge in [0.2, 0.25) is 0 Å². The first-order valence-electron chi connectivity index (χ1n) is 3.81. The lowest BCUT2D eigenvalue weighted by Crippen LogP contribution is -1.93. The predicted molar refractivity (Wildman–Crippen MR) is 54.0 cm³/mol. The van der Waals surface area contributed by atoms with Gasteiger partial charge in [-0.25, -0.2) is 8.42 Å². The quantitative estimate of drug-likeness (QED) is 0.693. The standard InChI is InChI=1S/C7H11ClO2S2/c8-12(9,10)6-2-4-7-3-1-5-11-7/h2,6-7H,1,3-5H2/b6-2-. The average molecular weight is 227 g/mol. The van der Waals surface area contributed by atoms with Crippen molar-refractivity contribution in [2.24, 2.45) is 0 Å². The Kier molecular flexibility index (Phi) is 3.93. The van der Waals surface area contributed by atoms with E-state index in [0.717, 1.165) is 11.8 Å². The van der Waals surface area contributed by atoms with Gasteiger partial charge in [-0.05, 0) is 25.0 Å². The fourth-order valence-electron chi connectivity index (χ4n) is 1.15. The Morgan fingerprint density at radius 2 is 2.33 bits per heavy atom. The van der Waals surface area contributed by atoms with Gasteiger partial charge >= 0.3 is 0 Å². The smallest absolute Gasteiger partial charge is 0.208 e. The van der Waals surface area contributed by atoms with Crippen molar-refractivity contribution >= 4 is 31.5 Å². The molecule has 12 heavy (non-hydrogen) atoms. The van der Waals surface area contributed by atoms with Crippen molar-refractivity contribution in [2.75, 3.05) is 5.75 Å². The molecule has 0 N–H and O–H groups in total. The van der Waals surface area contributed by atoms with Crippen LogP contribution in [-0.4, -0.2) is 19.4 Å². The summed E-state index contributed by atoms with van der Waals surface area (Å²) < 4.78 is 21.0. The van der Waals surface area contributed by atoms with Gasteiger partial charge in [0.15, 0.2) is 0 Å². The van der Waals surface area contributed by atoms with Gasteiger partial charge in [-0.1, -0.05) is 6.08 Å². The molecule has 1 heterocycles. The molecule has 0 aromatic heterocycles. The van der Waals surface area contributed by atoms with E-state index in [1.807, 2.05) is 11.8 Å². The number of halogens is 1. The summed E-state index contributed by atoms with van der Waals surface area (Å²) in [5.41, 5.74) is 0. The Bertz CT molecular complexity index is 253. The summed E-state index contributed by atoms with van der Waals surface area (Å²) in [4.78, 5) is 0. The van der Waals surface area contributed by atoms with Crippen molar-refractivity contribution < 1.29 is 8.42 Å². The minimum atomic E-state index is -3.43. The molecule has 1 aliphatic rings. The van der Waals surface area contributed by atoms with E-state index >= 15 is 0 Å². The molecule has 0 bridgehead atoms. The molecule has 1 atom stereocenters. The first-order valence-corrected chi connectivity index (χ1v) is 7.23. The van der Waals surface area contributed by atoms with Crippen LogP contribution in [0.25, 0.3) is 0 Å². The van der Waals surface area contributed by atoms with Crippen molar-refractivity contribution in [1.29, 1.82) is 0 Å². The molecule has 1 aliphatic heterocycles. The fraction of sp³-hybridized carbons (Fsp3) is 0.714. The minimum absolute atomic E-state index is 0.597. The van der Waals surface area contributed by atoms with Gasteiger partial charge in [-0.3, -0.25) is 0 Å². The summed E-state index contributed by atoms with van der Waals surface area (Å²) in [5.74, 6) is 1.20. The van der Waals surface area contributed by atoms with Crippen LogP contribution >= 0.6 is 22.4 Å². The molecule has 0 spiro atoms. The molecule has 0 saturated carbocycles. The topological polar surface area (TPSA) is 34.1 Å². The first-order chi connectivity index (χ1) is 5.58. The lowest BCUT2D eigenvalue weighted by molar-refractivity contribution is 0.617. The molecule has 0 aliphatic carbocycles. The molecule has 0 aromatic rings. The highest BCUT2D eigenvalue weighted by Crippen LogP contribution is 2.28. The summed E-state index contributed by atoms with van der Waals surface area (Å²) in [6, 6.07) is 0. The van der Waals surface area contributed by atoms with E-state index in [-0.39, 0.29) is 0 Å². The van der Waals surface area contributed by atoms with Crippen LogP contribution in [-0.2, 0) is 9.05 Å². The Hall–Kier alpha value is 0.330. The number of rotatable bonds is 3. The molecule has 0 radical (unpaired) electrons. The maximum Gasteiger partial charge on any atom is 0.254 e. The zero-order chi connectivity index (χ0) is 9.03. The van der Waals surface area contributed by atoms with E-state index in [1.54, 1.807) is 6.08 Å². The van der Waals surface area contributed by atoms with Gasteiger partial charge in [0.25, 0.3) is 9.05 Å². The SMILES string of the molecule is O=S(=O)(Cl)/C=C\CC1CCCS1. The molecule has 2 nitrogen and oxygen atoms in total. The van der Waals surface area contributed by atoms with Crippen LogP contribution in [0.1, 0.15) is 19.3 Å². The molecule has 70 valence electrons. The second-order valence-electron chi connectivity index (χ2n) is 2.72. The Morgan fingerprint density at radius 1 is 1.58 bits per heavy atom. The van der Waals surface area contributed by atoms with E-state index in [1.165, 1.54) is 18.6 Å². The van der Waals surface area contributed by atoms with Gasteiger partial charge in [0, 0.05) is 21.3 Å². The van der Waals surface area contributed by atoms with Crippen LogP contribution in [0.5, 0.6) is 0 Å². The third kappa shape index (κ3) is 4.38. The lowest BCUT2D eigenvalue weighted by atomic mass is 10.2. The largest absolute Gasteiger partial charge is 0.254 e. The van der Waals surface area contributed by atoms with E-state index in [0.29, 0.717) is 5.25 Å². The minimum Gasteiger partial charge on any atom is -0.208 e. The van der Waals surface area contributed by atoms with Gasteiger partial charge in [-0.2, -0.15) is 11.8 Å². The highest BCUT2D eigenvalue weighted by molar-refractivity contribution is 8.16. The highest BCUT2D eigenvalue weighted by Gasteiger charge is 2.13. The normalized spacial score (nSPS) is 25.2. The second-order valence-corrected chi connectivity index (χ2v) is 6.64. The molecular formula is C7H11ClO2S2. The van der Waals surface area contributed by atoms with Crippen LogP contribution in [0.3, 0.4) is 0 Å². The van der Waals surface area contributed by atoms with E-state index in [4.69, 9.17) is 10.7 Å². The molecule has 0 amide bonds. The Labute approximate surface area is 81.8 Å². The monoisotopic (exact) mass is 226 g/mol. The molecule has 1 rings (SSSR count). The third-order valence-corrected chi connectivity index (χ3v) is 3.93. The van der Waals surface area contributed by atoms with Crippen LogP contribution in [0.15, 0.2) is 11.5 Å². The maximum atomic E-state index is 10.5. The summed E-state index contributed by atoms with van der Waals surface area (Å²) in [6.45, 7) is 0. The average Bonchev–Trinajstić information content (AvgIpc) is 2.36. The van der Waals surface area contributed by atoms with E-state index < -0.39 is 9.05 Å². The van der Waals surface area contributed by atoms with Gasteiger partial charge in [0.05, 0.1) is 0 Å². The van der Waals surface area contributed by atoms with Crippen LogP contribution in [0.2, 0.25) is 0 Å². The zero-order valence-electron chi connectivity index (χ0n) is 6.57. The zero-order valence-corrected chi connectivity index (χ0v) is 8.96. The summed E-state index contributed by atoms with van der Waals surface area (Å²) in [5, 5.41) is 1.67. The number of hydrogen-bond donors (Lipinski definition) is 0. The molecule has 5 heteroatoms. The van der Waals surface area contributed by atoms with E-state index in [2.05, 4.69) is 0 Å². The van der Waals surface area contributed by atoms with Gasteiger partial charge in [0.1, 0.15) is 0 Å². The third-order valence-electron chi connectivity index (χ3n) is 1.68. The summed E-state index contributed by atoms with van der Waals surface area (Å²) >= 11 is 1.90. The van der Waals surface area contributed by atoms with Crippen molar-refractivity contribution in [3.8, 4) is 0 Å².